The van der Waals surface area contributed by atoms with Gasteiger partial charge in [0.15, 0.2) is 0 Å². The van der Waals surface area contributed by atoms with Gasteiger partial charge in [0.1, 0.15) is 28.6 Å². The number of methoxy groups -OCH3 is 3. The zero-order valence-corrected chi connectivity index (χ0v) is 14.1. The molecule has 2 aromatic rings. The minimum absolute atomic E-state index is 0.144. The van der Waals surface area contributed by atoms with E-state index < -0.39 is 10.1 Å². The first-order valence-electron chi connectivity index (χ1n) is 6.68. The highest BCUT2D eigenvalue weighted by atomic mass is 32.2. The molecule has 0 bridgehead atoms. The number of ether oxygens (including phenoxy) is 3. The van der Waals surface area contributed by atoms with Crippen molar-refractivity contribution in [2.45, 2.75) is 4.90 Å². The Morgan fingerprint density at radius 1 is 0.833 bits per heavy atom. The molecule has 0 amide bonds. The summed E-state index contributed by atoms with van der Waals surface area (Å²) in [5.74, 6) is 1.33. The van der Waals surface area contributed by atoms with Crippen LogP contribution in [-0.2, 0) is 10.1 Å². The zero-order valence-electron chi connectivity index (χ0n) is 13.3. The summed E-state index contributed by atoms with van der Waals surface area (Å²) in [6, 6.07) is 8.71. The van der Waals surface area contributed by atoms with Gasteiger partial charge in [-0.3, -0.25) is 4.55 Å². The third-order valence-electron chi connectivity index (χ3n) is 3.10. The third-order valence-corrected chi connectivity index (χ3v) is 3.95. The Labute approximate surface area is 139 Å². The Morgan fingerprint density at radius 2 is 1.50 bits per heavy atom. The van der Waals surface area contributed by atoms with E-state index in [1.807, 2.05) is 0 Å². The van der Waals surface area contributed by atoms with Crippen molar-refractivity contribution in [3.05, 3.63) is 36.4 Å². The highest BCUT2D eigenvalue weighted by Gasteiger charge is 2.13. The van der Waals surface area contributed by atoms with E-state index in [1.165, 1.54) is 33.5 Å². The number of nitrogens with zero attached hydrogens (tertiary/aromatic N) is 2. The van der Waals surface area contributed by atoms with Gasteiger partial charge in [-0.15, -0.1) is 10.2 Å². The first kappa shape index (κ1) is 17.7. The number of hydrogen-bond donors (Lipinski definition) is 1. The summed E-state index contributed by atoms with van der Waals surface area (Å²) in [7, 11) is 0.0675. The normalized spacial score (nSPS) is 11.5. The molecule has 0 unspecified atom stereocenters. The van der Waals surface area contributed by atoms with Gasteiger partial charge >= 0.3 is 0 Å². The van der Waals surface area contributed by atoms with Gasteiger partial charge in [-0.2, -0.15) is 8.42 Å². The quantitative estimate of drug-likeness (QED) is 0.631. The molecule has 0 aliphatic carbocycles. The maximum absolute atomic E-state index is 11.2. The van der Waals surface area contributed by atoms with E-state index in [0.717, 1.165) is 6.07 Å². The van der Waals surface area contributed by atoms with E-state index in [4.69, 9.17) is 18.8 Å². The molecular formula is C15H16N2O6S. The van der Waals surface area contributed by atoms with Crippen LogP contribution in [0.3, 0.4) is 0 Å². The Hall–Kier alpha value is -2.65. The zero-order chi connectivity index (χ0) is 17.7. The van der Waals surface area contributed by atoms with Crippen LogP contribution in [0.25, 0.3) is 0 Å². The minimum Gasteiger partial charge on any atom is -0.497 e. The molecule has 1 N–H and O–H groups in total. The smallest absolute Gasteiger partial charge is 0.294 e. The van der Waals surface area contributed by atoms with Crippen molar-refractivity contribution in [1.82, 2.24) is 0 Å². The van der Waals surface area contributed by atoms with Crippen LogP contribution in [0.5, 0.6) is 17.2 Å². The molecule has 0 spiro atoms. The van der Waals surface area contributed by atoms with Gasteiger partial charge in [-0.1, -0.05) is 0 Å². The fourth-order valence-electron chi connectivity index (χ4n) is 1.88. The van der Waals surface area contributed by atoms with Gasteiger partial charge in [0.05, 0.1) is 26.2 Å². The molecule has 0 fully saturated rings. The molecule has 0 aromatic heterocycles. The molecule has 0 saturated carbocycles. The van der Waals surface area contributed by atoms with E-state index in [1.54, 1.807) is 18.2 Å². The van der Waals surface area contributed by atoms with Crippen LogP contribution in [0.2, 0.25) is 0 Å². The Bertz CT molecular complexity index is 864. The number of hydrogen-bond acceptors (Lipinski definition) is 7. The minimum atomic E-state index is -4.35. The highest BCUT2D eigenvalue weighted by Crippen LogP contribution is 2.35. The predicted molar refractivity (Wildman–Crippen MR) is 86.5 cm³/mol. The topological polar surface area (TPSA) is 107 Å². The summed E-state index contributed by atoms with van der Waals surface area (Å²) in [4.78, 5) is -0.307. The summed E-state index contributed by atoms with van der Waals surface area (Å²) in [6.07, 6.45) is 0. The number of azo groups is 1. The van der Waals surface area contributed by atoms with E-state index >= 15 is 0 Å². The highest BCUT2D eigenvalue weighted by molar-refractivity contribution is 7.85. The lowest BCUT2D eigenvalue weighted by Crippen LogP contribution is -1.97. The molecule has 2 rings (SSSR count). The molecule has 0 aliphatic heterocycles. The second kappa shape index (κ2) is 7.28. The lowest BCUT2D eigenvalue weighted by molar-refractivity contribution is 0.395. The molecule has 0 atom stereocenters. The summed E-state index contributed by atoms with van der Waals surface area (Å²) in [6.45, 7) is 0. The van der Waals surface area contributed by atoms with Crippen LogP contribution in [0.1, 0.15) is 0 Å². The third kappa shape index (κ3) is 4.00. The van der Waals surface area contributed by atoms with Gasteiger partial charge in [0, 0.05) is 6.07 Å². The standard InChI is InChI=1S/C15H16N2O6S/c1-21-10-4-6-12(15(8-10)23-3)16-17-13-9-11(24(18,19)20)5-7-14(13)22-2/h4-9H,1-3H3,(H,18,19,20)/b17-16+. The fourth-order valence-corrected chi connectivity index (χ4v) is 2.38. The Balaban J connectivity index is 2.45. The molecular weight excluding hydrogens is 336 g/mol. The average Bonchev–Trinajstić information content (AvgIpc) is 2.58. The largest absolute Gasteiger partial charge is 0.497 e. The van der Waals surface area contributed by atoms with Crippen molar-refractivity contribution in [3.8, 4) is 17.2 Å². The maximum atomic E-state index is 11.2. The molecule has 2 aromatic carbocycles. The molecule has 0 saturated heterocycles. The molecule has 0 aliphatic rings. The van der Waals surface area contributed by atoms with Gasteiger partial charge in [-0.25, -0.2) is 0 Å². The maximum Gasteiger partial charge on any atom is 0.294 e. The van der Waals surface area contributed by atoms with Crippen molar-refractivity contribution in [1.29, 1.82) is 0 Å². The van der Waals surface area contributed by atoms with Gasteiger partial charge < -0.3 is 14.2 Å². The summed E-state index contributed by atoms with van der Waals surface area (Å²) >= 11 is 0. The number of benzene rings is 2. The number of rotatable bonds is 6. The van der Waals surface area contributed by atoms with Crippen LogP contribution in [0, 0.1) is 0 Å². The van der Waals surface area contributed by atoms with Crippen molar-refractivity contribution < 1.29 is 27.2 Å². The molecule has 0 heterocycles. The lowest BCUT2D eigenvalue weighted by atomic mass is 10.3. The van der Waals surface area contributed by atoms with Crippen molar-refractivity contribution in [2.75, 3.05) is 21.3 Å². The molecule has 8 nitrogen and oxygen atoms in total. The van der Waals surface area contributed by atoms with E-state index in [9.17, 15) is 8.42 Å². The molecule has 128 valence electrons. The van der Waals surface area contributed by atoms with Crippen LogP contribution < -0.4 is 14.2 Å². The summed E-state index contributed by atoms with van der Waals surface area (Å²) in [5, 5.41) is 8.03. The van der Waals surface area contributed by atoms with Crippen LogP contribution in [0.4, 0.5) is 11.4 Å². The van der Waals surface area contributed by atoms with Crippen molar-refractivity contribution in [2.24, 2.45) is 10.2 Å². The Morgan fingerprint density at radius 3 is 2.08 bits per heavy atom. The van der Waals surface area contributed by atoms with E-state index in [-0.39, 0.29) is 10.6 Å². The predicted octanol–water partition coefficient (Wildman–Crippen LogP) is 3.37. The fraction of sp³-hybridized carbons (Fsp3) is 0.200. The lowest BCUT2D eigenvalue weighted by Gasteiger charge is -2.07. The average molecular weight is 352 g/mol. The van der Waals surface area contributed by atoms with Gasteiger partial charge in [-0.05, 0) is 30.3 Å². The monoisotopic (exact) mass is 352 g/mol. The second-order valence-electron chi connectivity index (χ2n) is 4.55. The summed E-state index contributed by atoms with van der Waals surface area (Å²) < 4.78 is 47.0. The first-order valence-corrected chi connectivity index (χ1v) is 8.12. The van der Waals surface area contributed by atoms with E-state index in [2.05, 4.69) is 10.2 Å². The van der Waals surface area contributed by atoms with Gasteiger partial charge in [0.25, 0.3) is 10.1 Å². The molecule has 0 radical (unpaired) electrons. The van der Waals surface area contributed by atoms with Crippen LogP contribution in [-0.4, -0.2) is 34.3 Å². The van der Waals surface area contributed by atoms with Crippen LogP contribution in [0.15, 0.2) is 51.5 Å². The van der Waals surface area contributed by atoms with Crippen LogP contribution >= 0.6 is 0 Å². The van der Waals surface area contributed by atoms with Gasteiger partial charge in [0.2, 0.25) is 0 Å². The first-order chi connectivity index (χ1) is 11.4. The molecule has 9 heteroatoms. The molecule has 24 heavy (non-hydrogen) atoms. The van der Waals surface area contributed by atoms with Crippen molar-refractivity contribution in [3.63, 3.8) is 0 Å². The Kier molecular flexibility index (Phi) is 5.37. The second-order valence-corrected chi connectivity index (χ2v) is 5.97. The summed E-state index contributed by atoms with van der Waals surface area (Å²) in [5.41, 5.74) is 0.558. The SMILES string of the molecule is COc1ccc(/N=N/c2cc(S(=O)(=O)O)ccc2OC)c(OC)c1. The van der Waals surface area contributed by atoms with E-state index in [0.29, 0.717) is 22.9 Å². The van der Waals surface area contributed by atoms with Crippen molar-refractivity contribution >= 4 is 21.5 Å².